The topological polar surface area (TPSA) is 78.7 Å². The summed E-state index contributed by atoms with van der Waals surface area (Å²) in [5, 5.41) is 2.60. The summed E-state index contributed by atoms with van der Waals surface area (Å²) < 4.78 is 43.8. The predicted octanol–water partition coefficient (Wildman–Crippen LogP) is 4.59. The number of hydrogen-bond donors (Lipinski definition) is 1. The van der Waals surface area contributed by atoms with Crippen LogP contribution in [0, 0.1) is 0 Å². The van der Waals surface area contributed by atoms with Crippen LogP contribution in [0.25, 0.3) is 16.9 Å². The quantitative estimate of drug-likeness (QED) is 0.399. The number of alkyl halides is 3. The van der Waals surface area contributed by atoms with E-state index >= 15 is 0 Å². The zero-order valence-electron chi connectivity index (χ0n) is 21.1. The first kappa shape index (κ1) is 25.8. The molecule has 8 nitrogen and oxygen atoms in total. The van der Waals surface area contributed by atoms with Gasteiger partial charge in [0.05, 0.1) is 29.2 Å². The Bertz CT molecular complexity index is 1440. The van der Waals surface area contributed by atoms with Gasteiger partial charge in [-0.15, -0.1) is 0 Å². The van der Waals surface area contributed by atoms with E-state index in [2.05, 4.69) is 39.0 Å². The van der Waals surface area contributed by atoms with Crippen molar-refractivity contribution in [2.75, 3.05) is 31.5 Å². The number of rotatable bonds is 6. The third-order valence-electron chi connectivity index (χ3n) is 6.82. The molecular weight excluding hydrogens is 495 g/mol. The van der Waals surface area contributed by atoms with Gasteiger partial charge in [-0.2, -0.15) is 13.2 Å². The van der Waals surface area contributed by atoms with Gasteiger partial charge in [-0.1, -0.05) is 6.07 Å². The maximum Gasteiger partial charge on any atom is 0.416 e. The first-order valence-corrected chi connectivity index (χ1v) is 12.4. The number of pyridine rings is 1. The molecular formula is C27H28F3N7O. The fourth-order valence-corrected chi connectivity index (χ4v) is 4.70. The number of carbonyl (C=O) groups excluding carboxylic acids is 1. The zero-order valence-corrected chi connectivity index (χ0v) is 21.1. The molecule has 5 rings (SSSR count). The van der Waals surface area contributed by atoms with Crippen molar-refractivity contribution in [2.24, 2.45) is 0 Å². The van der Waals surface area contributed by atoms with Crippen molar-refractivity contribution in [3.63, 3.8) is 0 Å². The van der Waals surface area contributed by atoms with Crippen LogP contribution in [0.3, 0.4) is 0 Å². The molecule has 0 bridgehead atoms. The Morgan fingerprint density at radius 2 is 1.82 bits per heavy atom. The summed E-state index contributed by atoms with van der Waals surface area (Å²) in [6, 6.07) is 6.02. The van der Waals surface area contributed by atoms with E-state index in [0.717, 1.165) is 19.2 Å². The van der Waals surface area contributed by atoms with Gasteiger partial charge in [-0.3, -0.25) is 29.0 Å². The number of imidazole rings is 1. The Morgan fingerprint density at radius 1 is 1.03 bits per heavy atom. The Hall–Kier alpha value is -3.83. The second-order valence-electron chi connectivity index (χ2n) is 9.64. The van der Waals surface area contributed by atoms with E-state index in [0.29, 0.717) is 36.0 Å². The lowest BCUT2D eigenvalue weighted by atomic mass is 10.0. The molecule has 38 heavy (non-hydrogen) atoms. The minimum absolute atomic E-state index is 0.0713. The molecule has 1 aromatic carbocycles. The first-order valence-electron chi connectivity index (χ1n) is 12.4. The van der Waals surface area contributed by atoms with E-state index < -0.39 is 17.6 Å². The lowest BCUT2D eigenvalue weighted by Gasteiger charge is -2.37. The molecule has 0 aliphatic carbocycles. The molecule has 0 atom stereocenters. The lowest BCUT2D eigenvalue weighted by molar-refractivity contribution is -0.138. The van der Waals surface area contributed by atoms with Crippen LogP contribution in [0.15, 0.2) is 61.4 Å². The van der Waals surface area contributed by atoms with Gasteiger partial charge < -0.3 is 5.32 Å². The van der Waals surface area contributed by atoms with E-state index in [4.69, 9.17) is 0 Å². The van der Waals surface area contributed by atoms with Gasteiger partial charge in [-0.25, -0.2) is 4.98 Å². The molecule has 1 aliphatic heterocycles. The highest BCUT2D eigenvalue weighted by molar-refractivity contribution is 6.04. The maximum atomic E-state index is 14.0. The molecule has 0 unspecified atom stereocenters. The van der Waals surface area contributed by atoms with Crippen LogP contribution in [0.4, 0.5) is 18.9 Å². The highest BCUT2D eigenvalue weighted by atomic mass is 19.4. The SMILES string of the molecule is CC(C)N1CCN(Cc2ccc(NC(=O)c3cncc(-c4cnc5cnccn45)c3)cc2C(F)(F)F)CC1. The monoisotopic (exact) mass is 523 g/mol. The fraction of sp³-hybridized carbons (Fsp3) is 0.333. The lowest BCUT2D eigenvalue weighted by Crippen LogP contribution is -2.48. The summed E-state index contributed by atoms with van der Waals surface area (Å²) in [4.78, 5) is 29.8. The van der Waals surface area contributed by atoms with Gasteiger partial charge in [0.25, 0.3) is 5.91 Å². The Labute approximate surface area is 218 Å². The van der Waals surface area contributed by atoms with Crippen LogP contribution in [0.1, 0.15) is 35.3 Å². The van der Waals surface area contributed by atoms with Gasteiger partial charge in [0.15, 0.2) is 5.65 Å². The molecule has 1 N–H and O–H groups in total. The molecule has 1 saturated heterocycles. The van der Waals surface area contributed by atoms with Crippen LogP contribution in [0.2, 0.25) is 0 Å². The second kappa shape index (κ2) is 10.5. The number of carbonyl (C=O) groups is 1. The summed E-state index contributed by atoms with van der Waals surface area (Å²) in [6.07, 6.45) is 5.05. The molecule has 0 radical (unpaired) electrons. The number of aromatic nitrogens is 4. The van der Waals surface area contributed by atoms with E-state index in [1.807, 2.05) is 9.30 Å². The molecule has 0 spiro atoms. The van der Waals surface area contributed by atoms with Crippen molar-refractivity contribution >= 4 is 17.2 Å². The third-order valence-corrected chi connectivity index (χ3v) is 6.82. The number of hydrogen-bond acceptors (Lipinski definition) is 6. The van der Waals surface area contributed by atoms with Crippen LogP contribution in [-0.2, 0) is 12.7 Å². The Balaban J connectivity index is 1.33. The van der Waals surface area contributed by atoms with Gasteiger partial charge >= 0.3 is 6.18 Å². The fourth-order valence-electron chi connectivity index (χ4n) is 4.70. The van der Waals surface area contributed by atoms with Crippen molar-refractivity contribution in [1.82, 2.24) is 29.2 Å². The van der Waals surface area contributed by atoms with Crippen molar-refractivity contribution in [2.45, 2.75) is 32.6 Å². The van der Waals surface area contributed by atoms with E-state index in [1.165, 1.54) is 18.3 Å². The minimum atomic E-state index is -4.55. The molecule has 11 heteroatoms. The van der Waals surface area contributed by atoms with Crippen molar-refractivity contribution < 1.29 is 18.0 Å². The van der Waals surface area contributed by atoms with E-state index in [1.54, 1.807) is 37.1 Å². The number of piperazine rings is 1. The van der Waals surface area contributed by atoms with Gasteiger partial charge in [0, 0.05) is 74.8 Å². The van der Waals surface area contributed by atoms with Crippen LogP contribution >= 0.6 is 0 Å². The highest BCUT2D eigenvalue weighted by Crippen LogP contribution is 2.35. The molecule has 1 aliphatic rings. The molecule has 4 aromatic rings. The first-order chi connectivity index (χ1) is 18.2. The number of fused-ring (bicyclic) bond motifs is 1. The Morgan fingerprint density at radius 3 is 2.55 bits per heavy atom. The van der Waals surface area contributed by atoms with Crippen LogP contribution < -0.4 is 5.32 Å². The summed E-state index contributed by atoms with van der Waals surface area (Å²) in [5.41, 5.74) is 1.72. The van der Waals surface area contributed by atoms with Crippen molar-refractivity contribution in [3.05, 3.63) is 78.1 Å². The predicted molar refractivity (Wildman–Crippen MR) is 138 cm³/mol. The Kier molecular flexibility index (Phi) is 7.13. The average molecular weight is 524 g/mol. The summed E-state index contributed by atoms with van der Waals surface area (Å²) in [5.74, 6) is -0.555. The average Bonchev–Trinajstić information content (AvgIpc) is 3.33. The molecule has 198 valence electrons. The van der Waals surface area contributed by atoms with E-state index in [9.17, 15) is 18.0 Å². The van der Waals surface area contributed by atoms with Gasteiger partial charge in [0.2, 0.25) is 0 Å². The number of nitrogens with zero attached hydrogens (tertiary/aromatic N) is 6. The third kappa shape index (κ3) is 5.53. The number of benzene rings is 1. The summed E-state index contributed by atoms with van der Waals surface area (Å²) in [7, 11) is 0. The number of amides is 1. The molecule has 1 fully saturated rings. The van der Waals surface area contributed by atoms with Gasteiger partial charge in [0.1, 0.15) is 0 Å². The maximum absolute atomic E-state index is 14.0. The van der Waals surface area contributed by atoms with Crippen molar-refractivity contribution in [3.8, 4) is 11.3 Å². The molecule has 3 aromatic heterocycles. The number of nitrogens with one attached hydrogen (secondary N) is 1. The molecule has 0 saturated carbocycles. The largest absolute Gasteiger partial charge is 0.416 e. The molecule has 1 amide bonds. The summed E-state index contributed by atoms with van der Waals surface area (Å²) in [6.45, 7) is 7.51. The summed E-state index contributed by atoms with van der Waals surface area (Å²) >= 11 is 0. The smallest absolute Gasteiger partial charge is 0.322 e. The standard InChI is InChI=1S/C27H28F3N7O/c1-18(2)36-9-7-35(8-10-36)17-19-3-4-22(12-23(19)27(28,29)30)34-26(38)21-11-20(13-32-14-21)24-15-33-25-16-31-5-6-37(24)25/h3-6,11-16,18H,7-10,17H2,1-2H3,(H,34,38). The highest BCUT2D eigenvalue weighted by Gasteiger charge is 2.34. The number of halogens is 3. The van der Waals surface area contributed by atoms with Crippen LogP contribution in [-0.4, -0.2) is 67.3 Å². The molecule has 4 heterocycles. The van der Waals surface area contributed by atoms with Crippen LogP contribution in [0.5, 0.6) is 0 Å². The van der Waals surface area contributed by atoms with E-state index in [-0.39, 0.29) is 23.4 Å². The van der Waals surface area contributed by atoms with Gasteiger partial charge in [-0.05, 0) is 37.6 Å². The zero-order chi connectivity index (χ0) is 26.9. The normalized spacial score (nSPS) is 15.3. The number of anilines is 1. The minimum Gasteiger partial charge on any atom is -0.322 e. The second-order valence-corrected chi connectivity index (χ2v) is 9.64. The van der Waals surface area contributed by atoms with Crippen molar-refractivity contribution in [1.29, 1.82) is 0 Å².